The Morgan fingerprint density at radius 2 is 1.04 bits per heavy atom. The summed E-state index contributed by atoms with van der Waals surface area (Å²) in [4.78, 5) is 10.4. The molecule has 0 aliphatic carbocycles. The van der Waals surface area contributed by atoms with E-state index in [2.05, 4.69) is 55.5 Å². The molecule has 0 bridgehead atoms. The Labute approximate surface area is 161 Å². The number of carboxylic acid groups (broad SMARTS) is 1. The predicted octanol–water partition coefficient (Wildman–Crippen LogP) is 7.78. The summed E-state index contributed by atoms with van der Waals surface area (Å²) < 4.78 is 0. The largest absolute Gasteiger partial charge is 0.481 e. The number of allylic oxidation sites excluding steroid dienone is 8. The van der Waals surface area contributed by atoms with Crippen molar-refractivity contribution in [2.45, 2.75) is 96.8 Å². The summed E-state index contributed by atoms with van der Waals surface area (Å²) in [6.07, 6.45) is 33.2. The van der Waals surface area contributed by atoms with E-state index in [1.165, 1.54) is 51.4 Å². The van der Waals surface area contributed by atoms with Crippen molar-refractivity contribution in [3.8, 4) is 0 Å². The van der Waals surface area contributed by atoms with Crippen LogP contribution in [0.5, 0.6) is 0 Å². The predicted molar refractivity (Wildman–Crippen MR) is 115 cm³/mol. The molecule has 0 heterocycles. The van der Waals surface area contributed by atoms with Gasteiger partial charge in [0, 0.05) is 6.42 Å². The van der Waals surface area contributed by atoms with E-state index in [9.17, 15) is 4.79 Å². The van der Waals surface area contributed by atoms with Gasteiger partial charge in [-0.1, -0.05) is 94.1 Å². The maximum Gasteiger partial charge on any atom is 0.303 e. The molecule has 0 rings (SSSR count). The lowest BCUT2D eigenvalue weighted by molar-refractivity contribution is -0.137. The van der Waals surface area contributed by atoms with Gasteiger partial charge in [0.15, 0.2) is 0 Å². The molecule has 0 amide bonds. The minimum Gasteiger partial charge on any atom is -0.481 e. The molecule has 0 aromatic carbocycles. The highest BCUT2D eigenvalue weighted by molar-refractivity contribution is 5.66. The molecule has 0 radical (unpaired) electrons. The van der Waals surface area contributed by atoms with Gasteiger partial charge in [-0.2, -0.15) is 0 Å². The van der Waals surface area contributed by atoms with E-state index in [1.807, 2.05) is 0 Å². The summed E-state index contributed by atoms with van der Waals surface area (Å²) in [5.41, 5.74) is 0. The molecule has 0 spiro atoms. The van der Waals surface area contributed by atoms with Gasteiger partial charge in [0.1, 0.15) is 0 Å². The fraction of sp³-hybridized carbons (Fsp3) is 0.625. The third-order valence-electron chi connectivity index (χ3n) is 4.22. The van der Waals surface area contributed by atoms with Gasteiger partial charge in [-0.15, -0.1) is 0 Å². The van der Waals surface area contributed by atoms with Crippen molar-refractivity contribution in [1.29, 1.82) is 0 Å². The second-order valence-corrected chi connectivity index (χ2v) is 6.79. The van der Waals surface area contributed by atoms with Crippen LogP contribution in [0.15, 0.2) is 48.6 Å². The summed E-state index contributed by atoms with van der Waals surface area (Å²) in [6.45, 7) is 2.27. The molecule has 2 nitrogen and oxygen atoms in total. The third kappa shape index (κ3) is 22.4. The summed E-state index contributed by atoms with van der Waals surface area (Å²) >= 11 is 0. The highest BCUT2D eigenvalue weighted by atomic mass is 16.4. The number of hydrogen-bond donors (Lipinski definition) is 1. The summed E-state index contributed by atoms with van der Waals surface area (Å²) in [5, 5.41) is 8.53. The van der Waals surface area contributed by atoms with E-state index in [0.29, 0.717) is 0 Å². The van der Waals surface area contributed by atoms with Gasteiger partial charge in [0.05, 0.1) is 0 Å². The topological polar surface area (TPSA) is 37.3 Å². The Hall–Kier alpha value is -1.57. The zero-order valence-electron chi connectivity index (χ0n) is 16.9. The van der Waals surface area contributed by atoms with E-state index >= 15 is 0 Å². The van der Waals surface area contributed by atoms with Crippen LogP contribution in [0.25, 0.3) is 0 Å². The lowest BCUT2D eigenvalue weighted by Gasteiger charge is -1.98. The van der Waals surface area contributed by atoms with Gasteiger partial charge in [0.25, 0.3) is 0 Å². The maximum atomic E-state index is 10.4. The summed E-state index contributed by atoms with van der Waals surface area (Å²) in [5.74, 6) is -0.710. The Bertz CT molecular complexity index is 416. The molecule has 0 atom stereocenters. The SMILES string of the molecule is CCCCCCCCC/C=C\C/C=C\C/C=C\C/C=C\CCCC(=O)O. The number of unbranched alkanes of at least 4 members (excludes halogenated alkanes) is 8. The number of hydrogen-bond acceptors (Lipinski definition) is 1. The van der Waals surface area contributed by atoms with Crippen LogP contribution in [0.4, 0.5) is 0 Å². The molecule has 1 N–H and O–H groups in total. The first-order chi connectivity index (χ1) is 12.8. The molecule has 0 aromatic rings. The molecule has 0 aliphatic rings. The van der Waals surface area contributed by atoms with Gasteiger partial charge in [-0.05, 0) is 44.9 Å². The Morgan fingerprint density at radius 3 is 1.54 bits per heavy atom. The van der Waals surface area contributed by atoms with Crippen molar-refractivity contribution in [2.75, 3.05) is 0 Å². The van der Waals surface area contributed by atoms with Crippen molar-refractivity contribution in [3.63, 3.8) is 0 Å². The monoisotopic (exact) mass is 360 g/mol. The van der Waals surface area contributed by atoms with E-state index in [0.717, 1.165) is 32.1 Å². The van der Waals surface area contributed by atoms with Crippen LogP contribution < -0.4 is 0 Å². The zero-order chi connectivity index (χ0) is 19.1. The molecule has 148 valence electrons. The van der Waals surface area contributed by atoms with Crippen molar-refractivity contribution in [2.24, 2.45) is 0 Å². The van der Waals surface area contributed by atoms with Crippen LogP contribution in [0.1, 0.15) is 96.8 Å². The molecule has 0 aliphatic heterocycles. The van der Waals surface area contributed by atoms with Gasteiger partial charge in [0.2, 0.25) is 0 Å². The van der Waals surface area contributed by atoms with Crippen LogP contribution >= 0.6 is 0 Å². The Balaban J connectivity index is 3.36. The molecular formula is C24H40O2. The fourth-order valence-electron chi connectivity index (χ4n) is 2.64. The second-order valence-electron chi connectivity index (χ2n) is 6.79. The average Bonchev–Trinajstić information content (AvgIpc) is 2.62. The van der Waals surface area contributed by atoms with Crippen LogP contribution in [0.3, 0.4) is 0 Å². The number of carbonyl (C=O) groups is 1. The van der Waals surface area contributed by atoms with Gasteiger partial charge in [-0.25, -0.2) is 0 Å². The van der Waals surface area contributed by atoms with E-state index in [1.54, 1.807) is 0 Å². The quantitative estimate of drug-likeness (QED) is 0.200. The maximum absolute atomic E-state index is 10.4. The smallest absolute Gasteiger partial charge is 0.303 e. The first kappa shape index (κ1) is 24.4. The van der Waals surface area contributed by atoms with Crippen molar-refractivity contribution in [3.05, 3.63) is 48.6 Å². The minimum atomic E-state index is -0.710. The molecular weight excluding hydrogens is 320 g/mol. The second kappa shape index (κ2) is 21.5. The Morgan fingerprint density at radius 1 is 0.615 bits per heavy atom. The normalized spacial score (nSPS) is 12.3. The van der Waals surface area contributed by atoms with Crippen molar-refractivity contribution < 1.29 is 9.90 Å². The van der Waals surface area contributed by atoms with Gasteiger partial charge in [-0.3, -0.25) is 4.79 Å². The number of aliphatic carboxylic acids is 1. The third-order valence-corrected chi connectivity index (χ3v) is 4.22. The molecule has 0 saturated carbocycles. The van der Waals surface area contributed by atoms with Crippen LogP contribution in [0, 0.1) is 0 Å². The van der Waals surface area contributed by atoms with Crippen molar-refractivity contribution in [1.82, 2.24) is 0 Å². The molecule has 0 aromatic heterocycles. The van der Waals surface area contributed by atoms with Gasteiger partial charge < -0.3 is 5.11 Å². The standard InChI is InChI=1S/C24H40O2/c1-2-3-4-5-6-7-8-9-10-11-12-13-14-15-16-17-18-19-20-21-22-23-24(25)26/h10-11,13-14,16-17,19-20H,2-9,12,15,18,21-23H2,1H3,(H,25,26)/b11-10-,14-13-,17-16-,20-19-. The van der Waals surface area contributed by atoms with Crippen LogP contribution in [-0.4, -0.2) is 11.1 Å². The first-order valence-electron chi connectivity index (χ1n) is 10.6. The zero-order valence-corrected chi connectivity index (χ0v) is 16.9. The Kier molecular flexibility index (Phi) is 20.2. The average molecular weight is 361 g/mol. The van der Waals surface area contributed by atoms with E-state index < -0.39 is 5.97 Å². The van der Waals surface area contributed by atoms with E-state index in [4.69, 9.17) is 5.11 Å². The van der Waals surface area contributed by atoms with Crippen LogP contribution in [-0.2, 0) is 4.79 Å². The number of rotatable bonds is 18. The highest BCUT2D eigenvalue weighted by Gasteiger charge is 1.92. The summed E-state index contributed by atoms with van der Waals surface area (Å²) in [6, 6.07) is 0. The molecule has 0 unspecified atom stereocenters. The molecule has 0 fully saturated rings. The molecule has 2 heteroatoms. The fourth-order valence-corrected chi connectivity index (χ4v) is 2.64. The molecule has 26 heavy (non-hydrogen) atoms. The van der Waals surface area contributed by atoms with Crippen molar-refractivity contribution >= 4 is 5.97 Å². The highest BCUT2D eigenvalue weighted by Crippen LogP contribution is 2.08. The number of carboxylic acids is 1. The lowest BCUT2D eigenvalue weighted by atomic mass is 10.1. The minimum absolute atomic E-state index is 0.262. The van der Waals surface area contributed by atoms with Crippen LogP contribution in [0.2, 0.25) is 0 Å². The summed E-state index contributed by atoms with van der Waals surface area (Å²) in [7, 11) is 0. The molecule has 0 saturated heterocycles. The lowest BCUT2D eigenvalue weighted by Crippen LogP contribution is -1.92. The first-order valence-corrected chi connectivity index (χ1v) is 10.6. The van der Waals surface area contributed by atoms with Gasteiger partial charge >= 0.3 is 5.97 Å². The van der Waals surface area contributed by atoms with E-state index in [-0.39, 0.29) is 6.42 Å².